The second-order valence-corrected chi connectivity index (χ2v) is 7.03. The van der Waals surface area contributed by atoms with E-state index in [1.807, 2.05) is 0 Å². The number of furan rings is 1. The molecule has 0 saturated carbocycles. The summed E-state index contributed by atoms with van der Waals surface area (Å²) in [5, 5.41) is 0. The molecule has 33 heavy (non-hydrogen) atoms. The van der Waals surface area contributed by atoms with Crippen molar-refractivity contribution in [2.45, 2.75) is 0 Å². The van der Waals surface area contributed by atoms with Crippen LogP contribution in [0.4, 0.5) is 0 Å². The molecule has 0 spiro atoms. The number of nitrogens with one attached hydrogen (secondary N) is 1. The molecular formula is C25H22N2O6. The summed E-state index contributed by atoms with van der Waals surface area (Å²) in [7, 11) is 4.59. The zero-order valence-corrected chi connectivity index (χ0v) is 18.3. The fourth-order valence-electron chi connectivity index (χ4n) is 3.42. The molecule has 0 fully saturated rings. The third kappa shape index (κ3) is 4.45. The van der Waals surface area contributed by atoms with Gasteiger partial charge in [0.05, 0.1) is 33.3 Å². The van der Waals surface area contributed by atoms with Crippen molar-refractivity contribution < 1.29 is 23.4 Å². The maximum atomic E-state index is 12.8. The lowest BCUT2D eigenvalue weighted by Gasteiger charge is -2.12. The number of allylic oxidation sites excluding steroid dienone is 1. The van der Waals surface area contributed by atoms with E-state index in [1.165, 1.54) is 38.2 Å². The summed E-state index contributed by atoms with van der Waals surface area (Å²) >= 11 is 0. The van der Waals surface area contributed by atoms with Crippen molar-refractivity contribution in [2.75, 3.05) is 21.3 Å². The monoisotopic (exact) mass is 446 g/mol. The minimum absolute atomic E-state index is 0.222. The van der Waals surface area contributed by atoms with E-state index in [2.05, 4.69) is 4.98 Å². The molecule has 168 valence electrons. The molecule has 0 unspecified atom stereocenters. The first-order chi connectivity index (χ1) is 16.0. The normalized spacial score (nSPS) is 11.0. The third-order valence-electron chi connectivity index (χ3n) is 5.03. The Kier molecular flexibility index (Phi) is 6.17. The fraction of sp³-hybridized carbons (Fsp3) is 0.120. The van der Waals surface area contributed by atoms with Crippen LogP contribution in [0.3, 0.4) is 0 Å². The molecular weight excluding hydrogens is 424 g/mol. The molecule has 0 aliphatic carbocycles. The number of ether oxygens (including phenoxy) is 3. The van der Waals surface area contributed by atoms with E-state index in [0.29, 0.717) is 45.5 Å². The van der Waals surface area contributed by atoms with Gasteiger partial charge in [-0.3, -0.25) is 9.36 Å². The molecule has 8 nitrogen and oxygen atoms in total. The Labute approximate surface area is 189 Å². The van der Waals surface area contributed by atoms with Crippen LogP contribution in [-0.2, 0) is 0 Å². The fourth-order valence-corrected chi connectivity index (χ4v) is 3.42. The van der Waals surface area contributed by atoms with Gasteiger partial charge in [-0.25, -0.2) is 4.79 Å². The van der Waals surface area contributed by atoms with Gasteiger partial charge in [-0.1, -0.05) is 18.2 Å². The number of hydrogen-bond acceptors (Lipinski definition) is 6. The van der Waals surface area contributed by atoms with Crippen LogP contribution in [0.5, 0.6) is 17.2 Å². The highest BCUT2D eigenvalue weighted by molar-refractivity contribution is 6.07. The number of carbonyl (C=O) groups is 1. The third-order valence-corrected chi connectivity index (χ3v) is 5.03. The largest absolute Gasteiger partial charge is 0.493 e. The van der Waals surface area contributed by atoms with Crippen LogP contribution in [0.1, 0.15) is 15.9 Å². The van der Waals surface area contributed by atoms with Crippen molar-refractivity contribution in [1.29, 1.82) is 0 Å². The van der Waals surface area contributed by atoms with E-state index in [9.17, 15) is 9.59 Å². The summed E-state index contributed by atoms with van der Waals surface area (Å²) in [4.78, 5) is 28.0. The van der Waals surface area contributed by atoms with Gasteiger partial charge in [0.2, 0.25) is 5.75 Å². The number of imidazole rings is 1. The number of aromatic amines is 1. The molecule has 2 heterocycles. The van der Waals surface area contributed by atoms with Gasteiger partial charge in [-0.15, -0.1) is 0 Å². The summed E-state index contributed by atoms with van der Waals surface area (Å²) < 4.78 is 22.8. The maximum absolute atomic E-state index is 12.8. The molecule has 4 aromatic rings. The molecule has 2 aromatic heterocycles. The number of hydrogen-bond donors (Lipinski definition) is 1. The summed E-state index contributed by atoms with van der Waals surface area (Å²) in [5.41, 5.74) is 1.91. The summed E-state index contributed by atoms with van der Waals surface area (Å²) in [5.74, 6) is 1.78. The average molecular weight is 446 g/mol. The standard InChI is InChI=1S/C25H22N2O6/c1-30-22-12-16(13-23(31-2)24(22)32-3)9-10-20(28)17-6-4-7-18(14-17)27-15-19(26-25(27)29)21-8-5-11-33-21/h4-15H,1-3H3,(H,26,29)/b10-9+. The zero-order chi connectivity index (χ0) is 23.4. The Balaban J connectivity index is 1.60. The summed E-state index contributed by atoms with van der Waals surface area (Å²) in [6.45, 7) is 0. The van der Waals surface area contributed by atoms with Crippen molar-refractivity contribution in [3.63, 3.8) is 0 Å². The zero-order valence-electron chi connectivity index (χ0n) is 18.3. The first-order valence-corrected chi connectivity index (χ1v) is 10.0. The number of aromatic nitrogens is 2. The SMILES string of the molecule is COc1cc(/C=C/C(=O)c2cccc(-n3cc(-c4ccco4)[nH]c3=O)c2)cc(OC)c1OC. The van der Waals surface area contributed by atoms with Gasteiger partial charge in [0.1, 0.15) is 5.69 Å². The minimum Gasteiger partial charge on any atom is -0.493 e. The highest BCUT2D eigenvalue weighted by Crippen LogP contribution is 2.38. The topological polar surface area (TPSA) is 95.7 Å². The van der Waals surface area contributed by atoms with Crippen molar-refractivity contribution in [2.24, 2.45) is 0 Å². The summed E-state index contributed by atoms with van der Waals surface area (Å²) in [6.07, 6.45) is 6.28. The maximum Gasteiger partial charge on any atom is 0.330 e. The Bertz CT molecular complexity index is 1340. The number of carbonyl (C=O) groups excluding carboxylic acids is 1. The van der Waals surface area contributed by atoms with Crippen LogP contribution in [0, 0.1) is 0 Å². The van der Waals surface area contributed by atoms with Gasteiger partial charge in [-0.2, -0.15) is 0 Å². The number of ketones is 1. The molecule has 0 radical (unpaired) electrons. The lowest BCUT2D eigenvalue weighted by Crippen LogP contribution is -2.14. The second-order valence-electron chi connectivity index (χ2n) is 7.03. The van der Waals surface area contributed by atoms with Crippen molar-refractivity contribution >= 4 is 11.9 Å². The van der Waals surface area contributed by atoms with Crippen LogP contribution in [0.15, 0.2) is 76.3 Å². The van der Waals surface area contributed by atoms with Gasteiger partial charge in [0, 0.05) is 11.8 Å². The van der Waals surface area contributed by atoms with Crippen molar-refractivity contribution in [3.8, 4) is 34.4 Å². The molecule has 4 rings (SSSR count). The molecule has 0 saturated heterocycles. The van der Waals surface area contributed by atoms with Crippen LogP contribution < -0.4 is 19.9 Å². The Morgan fingerprint density at radius 3 is 2.39 bits per heavy atom. The van der Waals surface area contributed by atoms with Crippen LogP contribution in [0.2, 0.25) is 0 Å². The highest BCUT2D eigenvalue weighted by Gasteiger charge is 2.13. The van der Waals surface area contributed by atoms with Crippen molar-refractivity contribution in [1.82, 2.24) is 9.55 Å². The van der Waals surface area contributed by atoms with E-state index in [1.54, 1.807) is 60.8 Å². The molecule has 0 bridgehead atoms. The number of benzene rings is 2. The van der Waals surface area contributed by atoms with Gasteiger partial charge >= 0.3 is 5.69 Å². The number of H-pyrrole nitrogens is 1. The van der Waals surface area contributed by atoms with Gasteiger partial charge in [0.15, 0.2) is 23.0 Å². The predicted octanol–water partition coefficient (Wildman–Crippen LogP) is 4.35. The van der Waals surface area contributed by atoms with Gasteiger partial charge in [-0.05, 0) is 48.0 Å². The average Bonchev–Trinajstić information content (AvgIpc) is 3.51. The molecule has 0 aliphatic heterocycles. The van der Waals surface area contributed by atoms with Gasteiger partial charge < -0.3 is 23.6 Å². The number of methoxy groups -OCH3 is 3. The first kappa shape index (κ1) is 21.8. The van der Waals surface area contributed by atoms with E-state index in [0.717, 1.165) is 0 Å². The lowest BCUT2D eigenvalue weighted by atomic mass is 10.1. The first-order valence-electron chi connectivity index (χ1n) is 10.0. The molecule has 0 atom stereocenters. The number of nitrogens with zero attached hydrogens (tertiary/aromatic N) is 1. The predicted molar refractivity (Wildman–Crippen MR) is 124 cm³/mol. The molecule has 0 aliphatic rings. The Morgan fingerprint density at radius 2 is 1.76 bits per heavy atom. The molecule has 1 N–H and O–H groups in total. The van der Waals surface area contributed by atoms with E-state index in [4.69, 9.17) is 18.6 Å². The molecule has 8 heteroatoms. The van der Waals surface area contributed by atoms with Gasteiger partial charge in [0.25, 0.3) is 0 Å². The molecule has 2 aromatic carbocycles. The minimum atomic E-state index is -0.334. The smallest absolute Gasteiger partial charge is 0.330 e. The lowest BCUT2D eigenvalue weighted by molar-refractivity contribution is 0.104. The van der Waals surface area contributed by atoms with Crippen LogP contribution >= 0.6 is 0 Å². The van der Waals surface area contributed by atoms with Crippen molar-refractivity contribution in [3.05, 3.63) is 88.7 Å². The Hall–Kier alpha value is -4.46. The second kappa shape index (κ2) is 9.35. The van der Waals surface area contributed by atoms with Crippen LogP contribution in [-0.4, -0.2) is 36.7 Å². The van der Waals surface area contributed by atoms with E-state index < -0.39 is 0 Å². The number of rotatable bonds is 8. The van der Waals surface area contributed by atoms with E-state index >= 15 is 0 Å². The van der Waals surface area contributed by atoms with E-state index in [-0.39, 0.29) is 11.5 Å². The summed E-state index contributed by atoms with van der Waals surface area (Å²) in [6, 6.07) is 13.8. The highest BCUT2D eigenvalue weighted by atomic mass is 16.5. The quantitative estimate of drug-likeness (QED) is 0.319. The molecule has 0 amide bonds. The van der Waals surface area contributed by atoms with Crippen LogP contribution in [0.25, 0.3) is 23.2 Å². The Morgan fingerprint density at radius 1 is 1.00 bits per heavy atom.